The average molecular weight is 349 g/mol. The summed E-state index contributed by atoms with van der Waals surface area (Å²) in [7, 11) is 0. The van der Waals surface area contributed by atoms with Crippen molar-refractivity contribution in [2.45, 2.75) is 36.6 Å². The highest BCUT2D eigenvalue weighted by Crippen LogP contribution is 2.23. The van der Waals surface area contributed by atoms with E-state index in [0.717, 1.165) is 64.2 Å². The number of benzene rings is 1. The van der Waals surface area contributed by atoms with Gasteiger partial charge < -0.3 is 9.64 Å². The van der Waals surface area contributed by atoms with Crippen LogP contribution in [0.4, 0.5) is 0 Å². The lowest BCUT2D eigenvalue weighted by Crippen LogP contribution is -2.46. The van der Waals surface area contributed by atoms with Crippen LogP contribution in [0.2, 0.25) is 0 Å². The van der Waals surface area contributed by atoms with Crippen LogP contribution in [0, 0.1) is 0 Å². The van der Waals surface area contributed by atoms with Crippen molar-refractivity contribution in [1.82, 2.24) is 9.80 Å². The summed E-state index contributed by atoms with van der Waals surface area (Å²) in [6, 6.07) is 8.42. The number of nitrogens with zero attached hydrogens (tertiary/aromatic N) is 2. The molecule has 2 aliphatic rings. The second-order valence-electron chi connectivity index (χ2n) is 6.62. The van der Waals surface area contributed by atoms with Gasteiger partial charge in [0.1, 0.15) is 0 Å². The monoisotopic (exact) mass is 348 g/mol. The van der Waals surface area contributed by atoms with E-state index in [4.69, 9.17) is 4.74 Å². The van der Waals surface area contributed by atoms with Gasteiger partial charge in [-0.2, -0.15) is 0 Å². The number of rotatable bonds is 5. The van der Waals surface area contributed by atoms with Crippen LogP contribution in [0.1, 0.15) is 36.0 Å². The van der Waals surface area contributed by atoms with Crippen molar-refractivity contribution in [3.05, 3.63) is 29.8 Å². The van der Waals surface area contributed by atoms with Gasteiger partial charge in [-0.05, 0) is 56.2 Å². The molecule has 0 saturated carbocycles. The van der Waals surface area contributed by atoms with Crippen LogP contribution in [0.3, 0.4) is 0 Å². The van der Waals surface area contributed by atoms with E-state index >= 15 is 0 Å². The van der Waals surface area contributed by atoms with Crippen molar-refractivity contribution in [2.75, 3.05) is 45.6 Å². The smallest absolute Gasteiger partial charge is 0.254 e. The van der Waals surface area contributed by atoms with Gasteiger partial charge >= 0.3 is 0 Å². The molecule has 5 heteroatoms. The molecule has 3 rings (SSSR count). The van der Waals surface area contributed by atoms with E-state index in [2.05, 4.69) is 16.1 Å². The number of morpholine rings is 1. The highest BCUT2D eigenvalue weighted by atomic mass is 32.2. The van der Waals surface area contributed by atoms with Crippen molar-refractivity contribution in [3.8, 4) is 0 Å². The molecule has 0 N–H and O–H groups in total. The Kier molecular flexibility index (Phi) is 6.58. The van der Waals surface area contributed by atoms with Crippen molar-refractivity contribution >= 4 is 17.7 Å². The molecule has 24 heavy (non-hydrogen) atoms. The van der Waals surface area contributed by atoms with Gasteiger partial charge in [-0.3, -0.25) is 9.69 Å². The van der Waals surface area contributed by atoms with Gasteiger partial charge in [0.05, 0.1) is 13.2 Å². The Hall–Kier alpha value is -1.04. The second-order valence-corrected chi connectivity index (χ2v) is 7.50. The summed E-state index contributed by atoms with van der Waals surface area (Å²) in [4.78, 5) is 18.7. The fourth-order valence-corrected chi connectivity index (χ4v) is 4.03. The minimum Gasteiger partial charge on any atom is -0.379 e. The molecule has 1 atom stereocenters. The Morgan fingerprint density at radius 3 is 2.62 bits per heavy atom. The van der Waals surface area contributed by atoms with Crippen LogP contribution < -0.4 is 0 Å². The molecule has 2 fully saturated rings. The lowest BCUT2D eigenvalue weighted by Gasteiger charge is -2.37. The molecule has 4 nitrogen and oxygen atoms in total. The van der Waals surface area contributed by atoms with Gasteiger partial charge in [-0.15, -0.1) is 11.8 Å². The van der Waals surface area contributed by atoms with E-state index in [1.54, 1.807) is 11.8 Å². The van der Waals surface area contributed by atoms with E-state index in [-0.39, 0.29) is 5.91 Å². The molecule has 0 bridgehead atoms. The van der Waals surface area contributed by atoms with Crippen LogP contribution in [0.25, 0.3) is 0 Å². The molecule has 1 unspecified atom stereocenters. The number of carbonyl (C=O) groups is 1. The Balaban J connectivity index is 1.60. The lowest BCUT2D eigenvalue weighted by molar-refractivity contribution is 0.0295. The highest BCUT2D eigenvalue weighted by molar-refractivity contribution is 7.98. The number of carbonyl (C=O) groups excluding carboxylic acids is 1. The Labute approximate surface area is 149 Å². The zero-order valence-corrected chi connectivity index (χ0v) is 15.4. The maximum absolute atomic E-state index is 12.9. The van der Waals surface area contributed by atoms with Crippen molar-refractivity contribution in [1.29, 1.82) is 0 Å². The molecule has 0 aromatic heterocycles. The standard InChI is InChI=1S/C19H28N2O2S/c1-24-18-7-5-16(6-8-18)19(22)21-10-3-2-4-17(21)9-11-20-12-14-23-15-13-20/h5-8,17H,2-4,9-15H2,1H3. The fraction of sp³-hybridized carbons (Fsp3) is 0.632. The van der Waals surface area contributed by atoms with Crippen LogP contribution >= 0.6 is 11.8 Å². The van der Waals surface area contributed by atoms with E-state index in [0.29, 0.717) is 6.04 Å². The number of amides is 1. The molecule has 1 aromatic rings. The third-order valence-electron chi connectivity index (χ3n) is 5.11. The minimum atomic E-state index is 0.203. The number of hydrogen-bond acceptors (Lipinski definition) is 4. The molecule has 2 aliphatic heterocycles. The molecule has 0 aliphatic carbocycles. The van der Waals surface area contributed by atoms with E-state index in [9.17, 15) is 4.79 Å². The molecule has 2 saturated heterocycles. The molecule has 0 radical (unpaired) electrons. The molecule has 1 amide bonds. The first kappa shape index (κ1) is 17.8. The van der Waals surface area contributed by atoms with E-state index in [1.165, 1.54) is 11.3 Å². The lowest BCUT2D eigenvalue weighted by atomic mass is 9.98. The summed E-state index contributed by atoms with van der Waals surface area (Å²) in [5.74, 6) is 0.203. The second kappa shape index (κ2) is 8.88. The van der Waals surface area contributed by atoms with Gasteiger partial charge in [-0.1, -0.05) is 0 Å². The quantitative estimate of drug-likeness (QED) is 0.766. The Bertz CT molecular complexity index is 529. The summed E-state index contributed by atoms with van der Waals surface area (Å²) in [6.45, 7) is 5.71. The Morgan fingerprint density at radius 1 is 1.17 bits per heavy atom. The molecule has 0 spiro atoms. The van der Waals surface area contributed by atoms with Crippen LogP contribution in [-0.4, -0.2) is 67.4 Å². The highest BCUT2D eigenvalue weighted by Gasteiger charge is 2.27. The van der Waals surface area contributed by atoms with Crippen molar-refractivity contribution in [2.24, 2.45) is 0 Å². The van der Waals surface area contributed by atoms with Crippen molar-refractivity contribution < 1.29 is 9.53 Å². The number of ether oxygens (including phenoxy) is 1. The van der Waals surface area contributed by atoms with Gasteiger partial charge in [-0.25, -0.2) is 0 Å². The largest absolute Gasteiger partial charge is 0.379 e. The molecule has 132 valence electrons. The first-order chi connectivity index (χ1) is 11.8. The third kappa shape index (κ3) is 4.52. The van der Waals surface area contributed by atoms with Gasteiger partial charge in [0.15, 0.2) is 0 Å². The molecule has 1 aromatic carbocycles. The number of likely N-dealkylation sites (tertiary alicyclic amines) is 1. The third-order valence-corrected chi connectivity index (χ3v) is 5.85. The zero-order valence-electron chi connectivity index (χ0n) is 14.6. The number of thioether (sulfide) groups is 1. The normalized spacial score (nSPS) is 22.5. The maximum atomic E-state index is 12.9. The van der Waals surface area contributed by atoms with Crippen molar-refractivity contribution in [3.63, 3.8) is 0 Å². The van der Waals surface area contributed by atoms with E-state index < -0.39 is 0 Å². The topological polar surface area (TPSA) is 32.8 Å². The summed E-state index contributed by atoms with van der Waals surface area (Å²) in [5, 5.41) is 0. The summed E-state index contributed by atoms with van der Waals surface area (Å²) in [6.07, 6.45) is 6.64. The predicted octanol–water partition coefficient (Wildman–Crippen LogP) is 3.13. The molecular weight excluding hydrogens is 320 g/mol. The molecular formula is C19H28N2O2S. The zero-order chi connectivity index (χ0) is 16.8. The van der Waals surface area contributed by atoms with Gasteiger partial charge in [0.2, 0.25) is 0 Å². The van der Waals surface area contributed by atoms with E-state index in [1.807, 2.05) is 24.3 Å². The summed E-state index contributed by atoms with van der Waals surface area (Å²) in [5.41, 5.74) is 0.825. The Morgan fingerprint density at radius 2 is 1.92 bits per heavy atom. The summed E-state index contributed by atoms with van der Waals surface area (Å²) < 4.78 is 5.42. The summed E-state index contributed by atoms with van der Waals surface area (Å²) >= 11 is 1.71. The van der Waals surface area contributed by atoms with Crippen LogP contribution in [-0.2, 0) is 4.74 Å². The maximum Gasteiger partial charge on any atom is 0.254 e. The average Bonchev–Trinajstić information content (AvgIpc) is 2.67. The fourth-order valence-electron chi connectivity index (χ4n) is 3.62. The predicted molar refractivity (Wildman–Crippen MR) is 98.8 cm³/mol. The van der Waals surface area contributed by atoms with Gasteiger partial charge in [0.25, 0.3) is 5.91 Å². The first-order valence-electron chi connectivity index (χ1n) is 9.03. The first-order valence-corrected chi connectivity index (χ1v) is 10.3. The number of piperidine rings is 1. The SMILES string of the molecule is CSc1ccc(C(=O)N2CCCCC2CCN2CCOCC2)cc1. The minimum absolute atomic E-state index is 0.203. The number of hydrogen-bond donors (Lipinski definition) is 0. The molecule has 2 heterocycles. The van der Waals surface area contributed by atoms with Crippen LogP contribution in [0.5, 0.6) is 0 Å². The van der Waals surface area contributed by atoms with Crippen LogP contribution in [0.15, 0.2) is 29.2 Å². The van der Waals surface area contributed by atoms with Gasteiger partial charge in [0, 0.05) is 42.7 Å².